The molecular formula is C13H17F2N. The highest BCUT2D eigenvalue weighted by Gasteiger charge is 2.34. The number of alkyl halides is 2. The second-order valence-electron chi connectivity index (χ2n) is 4.55. The smallest absolute Gasteiger partial charge is 0.248 e. The molecule has 1 saturated carbocycles. The molecule has 1 aliphatic rings. The molecule has 88 valence electrons. The number of halogens is 2. The Balaban J connectivity index is 1.76. The van der Waals surface area contributed by atoms with Crippen molar-refractivity contribution >= 4 is 5.69 Å². The van der Waals surface area contributed by atoms with E-state index in [1.54, 1.807) is 0 Å². The molecule has 0 bridgehead atoms. The van der Waals surface area contributed by atoms with E-state index in [-0.39, 0.29) is 12.8 Å². The largest absolute Gasteiger partial charge is 0.385 e. The molecule has 0 aliphatic heterocycles. The van der Waals surface area contributed by atoms with E-state index < -0.39 is 5.92 Å². The van der Waals surface area contributed by atoms with Crippen molar-refractivity contribution in [2.45, 2.75) is 31.6 Å². The van der Waals surface area contributed by atoms with Gasteiger partial charge in [-0.15, -0.1) is 0 Å². The molecule has 1 fully saturated rings. The third kappa shape index (κ3) is 3.19. The van der Waals surface area contributed by atoms with E-state index in [0.717, 1.165) is 12.2 Å². The summed E-state index contributed by atoms with van der Waals surface area (Å²) in [6.45, 7) is 0.806. The van der Waals surface area contributed by atoms with E-state index in [4.69, 9.17) is 0 Å². The molecular weight excluding hydrogens is 208 g/mol. The molecule has 1 nitrogen and oxygen atoms in total. The van der Waals surface area contributed by atoms with Gasteiger partial charge in [0.2, 0.25) is 5.92 Å². The minimum Gasteiger partial charge on any atom is -0.385 e. The number of anilines is 1. The number of hydrogen-bond acceptors (Lipinski definition) is 1. The lowest BCUT2D eigenvalue weighted by Gasteiger charge is -2.28. The molecule has 2 rings (SSSR count). The third-order valence-electron chi connectivity index (χ3n) is 3.21. The van der Waals surface area contributed by atoms with Crippen LogP contribution in [0.5, 0.6) is 0 Å². The molecule has 0 amide bonds. The highest BCUT2D eigenvalue weighted by Crippen LogP contribution is 2.36. The van der Waals surface area contributed by atoms with E-state index in [2.05, 4.69) is 5.32 Å². The fraction of sp³-hybridized carbons (Fsp3) is 0.538. The standard InChI is InChI=1S/C13H17F2N/c14-13(15)8-6-11(7-9-13)10-16-12-4-2-1-3-5-12/h1-5,11,16H,6-10H2. The second kappa shape index (κ2) is 4.81. The lowest BCUT2D eigenvalue weighted by molar-refractivity contribution is -0.0443. The van der Waals surface area contributed by atoms with Crippen molar-refractivity contribution < 1.29 is 8.78 Å². The fourth-order valence-electron chi connectivity index (χ4n) is 2.12. The van der Waals surface area contributed by atoms with Gasteiger partial charge < -0.3 is 5.32 Å². The van der Waals surface area contributed by atoms with Crippen LogP contribution in [-0.4, -0.2) is 12.5 Å². The Kier molecular flexibility index (Phi) is 3.42. The van der Waals surface area contributed by atoms with Gasteiger partial charge >= 0.3 is 0 Å². The van der Waals surface area contributed by atoms with E-state index in [1.807, 2.05) is 30.3 Å². The Morgan fingerprint density at radius 3 is 2.38 bits per heavy atom. The summed E-state index contributed by atoms with van der Waals surface area (Å²) in [5.74, 6) is -2.02. The average molecular weight is 225 g/mol. The van der Waals surface area contributed by atoms with Gasteiger partial charge in [-0.3, -0.25) is 0 Å². The number of benzene rings is 1. The number of hydrogen-bond donors (Lipinski definition) is 1. The lowest BCUT2D eigenvalue weighted by atomic mass is 9.87. The first-order valence-corrected chi connectivity index (χ1v) is 5.82. The summed E-state index contributed by atoms with van der Waals surface area (Å²) in [7, 11) is 0. The topological polar surface area (TPSA) is 12.0 Å². The van der Waals surface area contributed by atoms with Gasteiger partial charge in [0.25, 0.3) is 0 Å². The van der Waals surface area contributed by atoms with E-state index >= 15 is 0 Å². The van der Waals surface area contributed by atoms with Gasteiger partial charge in [-0.2, -0.15) is 0 Å². The summed E-state index contributed by atoms with van der Waals surface area (Å²) in [4.78, 5) is 0. The van der Waals surface area contributed by atoms with Crippen LogP contribution < -0.4 is 5.32 Å². The zero-order valence-corrected chi connectivity index (χ0v) is 9.26. The van der Waals surface area contributed by atoms with Crippen LogP contribution in [0.1, 0.15) is 25.7 Å². The van der Waals surface area contributed by atoms with Crippen LogP contribution in [0, 0.1) is 5.92 Å². The zero-order valence-electron chi connectivity index (χ0n) is 9.26. The number of rotatable bonds is 3. The Morgan fingerprint density at radius 1 is 1.12 bits per heavy atom. The Morgan fingerprint density at radius 2 is 1.75 bits per heavy atom. The van der Waals surface area contributed by atoms with Crippen molar-refractivity contribution in [3.8, 4) is 0 Å². The molecule has 1 aromatic rings. The summed E-state index contributed by atoms with van der Waals surface area (Å²) in [5.41, 5.74) is 1.07. The first kappa shape index (κ1) is 11.4. The maximum absolute atomic E-state index is 12.9. The van der Waals surface area contributed by atoms with E-state index in [1.165, 1.54) is 0 Å². The van der Waals surface area contributed by atoms with Crippen LogP contribution in [0.2, 0.25) is 0 Å². The van der Waals surface area contributed by atoms with Gasteiger partial charge in [-0.05, 0) is 30.9 Å². The molecule has 0 aromatic heterocycles. The molecule has 0 spiro atoms. The first-order valence-electron chi connectivity index (χ1n) is 5.82. The molecule has 16 heavy (non-hydrogen) atoms. The van der Waals surface area contributed by atoms with Gasteiger partial charge in [0.15, 0.2) is 0 Å². The van der Waals surface area contributed by atoms with E-state index in [9.17, 15) is 8.78 Å². The summed E-state index contributed by atoms with van der Waals surface area (Å²) in [5, 5.41) is 3.30. The summed E-state index contributed by atoms with van der Waals surface area (Å²) >= 11 is 0. The van der Waals surface area contributed by atoms with Crippen molar-refractivity contribution in [1.82, 2.24) is 0 Å². The van der Waals surface area contributed by atoms with Crippen molar-refractivity contribution in [3.05, 3.63) is 30.3 Å². The molecule has 0 saturated heterocycles. The maximum Gasteiger partial charge on any atom is 0.248 e. The van der Waals surface area contributed by atoms with E-state index in [0.29, 0.717) is 18.8 Å². The summed E-state index contributed by atoms with van der Waals surface area (Å²) < 4.78 is 25.8. The average Bonchev–Trinajstić information content (AvgIpc) is 2.29. The zero-order chi connectivity index (χ0) is 11.4. The molecule has 3 heteroatoms. The van der Waals surface area contributed by atoms with Crippen LogP contribution in [0.15, 0.2) is 30.3 Å². The Labute approximate surface area is 94.9 Å². The number of nitrogens with one attached hydrogen (secondary N) is 1. The lowest BCUT2D eigenvalue weighted by Crippen LogP contribution is -2.28. The molecule has 1 aromatic carbocycles. The third-order valence-corrected chi connectivity index (χ3v) is 3.21. The maximum atomic E-state index is 12.9. The highest BCUT2D eigenvalue weighted by atomic mass is 19.3. The minimum atomic E-state index is -2.41. The SMILES string of the molecule is FC1(F)CCC(CNc2ccccc2)CC1. The van der Waals surface area contributed by atoms with Crippen molar-refractivity contribution in [2.24, 2.45) is 5.92 Å². The van der Waals surface area contributed by atoms with Crippen molar-refractivity contribution in [3.63, 3.8) is 0 Å². The highest BCUT2D eigenvalue weighted by molar-refractivity contribution is 5.42. The van der Waals surface area contributed by atoms with Gasteiger partial charge in [0.05, 0.1) is 0 Å². The fourth-order valence-corrected chi connectivity index (χ4v) is 2.12. The van der Waals surface area contributed by atoms with Crippen LogP contribution >= 0.6 is 0 Å². The van der Waals surface area contributed by atoms with Crippen molar-refractivity contribution in [2.75, 3.05) is 11.9 Å². The minimum absolute atomic E-state index is 0.0497. The summed E-state index contributed by atoms with van der Waals surface area (Å²) in [6.07, 6.45) is 1.36. The second-order valence-corrected chi connectivity index (χ2v) is 4.55. The normalized spacial score (nSPS) is 20.6. The summed E-state index contributed by atoms with van der Waals surface area (Å²) in [6, 6.07) is 9.90. The quantitative estimate of drug-likeness (QED) is 0.822. The monoisotopic (exact) mass is 225 g/mol. The Bertz CT molecular complexity index is 314. The molecule has 0 radical (unpaired) electrons. The van der Waals surface area contributed by atoms with Crippen LogP contribution in [0.4, 0.5) is 14.5 Å². The van der Waals surface area contributed by atoms with Gasteiger partial charge in [-0.1, -0.05) is 18.2 Å². The Hall–Kier alpha value is -1.12. The molecule has 1 N–H and O–H groups in total. The van der Waals surface area contributed by atoms with Gasteiger partial charge in [0, 0.05) is 25.1 Å². The predicted octanol–water partition coefficient (Wildman–Crippen LogP) is 3.92. The van der Waals surface area contributed by atoms with Crippen LogP contribution in [0.3, 0.4) is 0 Å². The molecule has 0 unspecified atom stereocenters. The number of para-hydroxylation sites is 1. The molecule has 0 atom stereocenters. The molecule has 1 aliphatic carbocycles. The van der Waals surface area contributed by atoms with Gasteiger partial charge in [-0.25, -0.2) is 8.78 Å². The predicted molar refractivity (Wildman–Crippen MR) is 61.8 cm³/mol. The molecule has 0 heterocycles. The van der Waals surface area contributed by atoms with Crippen molar-refractivity contribution in [1.29, 1.82) is 0 Å². The van der Waals surface area contributed by atoms with Crippen LogP contribution in [-0.2, 0) is 0 Å². The van der Waals surface area contributed by atoms with Crippen LogP contribution in [0.25, 0.3) is 0 Å². The first-order chi connectivity index (χ1) is 7.66. The van der Waals surface area contributed by atoms with Gasteiger partial charge in [0.1, 0.15) is 0 Å².